The lowest BCUT2D eigenvalue weighted by atomic mass is 10.1. The van der Waals surface area contributed by atoms with Crippen LogP contribution in [0.15, 0.2) is 35.7 Å². The second-order valence-corrected chi connectivity index (χ2v) is 5.43. The van der Waals surface area contributed by atoms with E-state index < -0.39 is 0 Å². The van der Waals surface area contributed by atoms with E-state index in [0.29, 0.717) is 24.4 Å². The first-order valence-corrected chi connectivity index (χ1v) is 7.30. The van der Waals surface area contributed by atoms with Crippen LogP contribution in [0, 0.1) is 0 Å². The van der Waals surface area contributed by atoms with Gasteiger partial charge in [0.2, 0.25) is 0 Å². The molecule has 2 N–H and O–H groups in total. The van der Waals surface area contributed by atoms with Crippen LogP contribution in [0.25, 0.3) is 0 Å². The fourth-order valence-corrected chi connectivity index (χ4v) is 2.83. The first-order chi connectivity index (χ1) is 9.63. The van der Waals surface area contributed by atoms with Gasteiger partial charge >= 0.3 is 5.97 Å². The number of ether oxygens (including phenoxy) is 1. The lowest BCUT2D eigenvalue weighted by molar-refractivity contribution is 0.0527. The minimum absolute atomic E-state index is 0.340. The normalized spacial score (nSPS) is 10.3. The molecule has 20 heavy (non-hydrogen) atoms. The molecule has 0 unspecified atom stereocenters. The van der Waals surface area contributed by atoms with Gasteiger partial charge in [-0.15, -0.1) is 11.3 Å². The fourth-order valence-electron chi connectivity index (χ4n) is 2.08. The maximum absolute atomic E-state index is 12.0. The van der Waals surface area contributed by atoms with Gasteiger partial charge < -0.3 is 15.4 Å². The molecule has 1 aromatic carbocycles. The highest BCUT2D eigenvalue weighted by atomic mass is 32.1. The largest absolute Gasteiger partial charge is 0.462 e. The maximum atomic E-state index is 12.0. The number of esters is 1. The highest BCUT2D eigenvalue weighted by Crippen LogP contribution is 2.29. The van der Waals surface area contributed by atoms with Crippen LogP contribution in [-0.4, -0.2) is 19.6 Å². The van der Waals surface area contributed by atoms with Gasteiger partial charge in [-0.25, -0.2) is 4.79 Å². The van der Waals surface area contributed by atoms with Crippen molar-refractivity contribution in [3.05, 3.63) is 46.2 Å². The van der Waals surface area contributed by atoms with Crippen molar-refractivity contribution >= 4 is 28.7 Å². The number of nitrogens with two attached hydrogens (primary N) is 1. The minimum Gasteiger partial charge on any atom is -0.462 e. The SMILES string of the molecule is CCOC(=O)c1cccc(N)c1N(C)Cc1cccs1. The molecule has 0 aliphatic carbocycles. The van der Waals surface area contributed by atoms with E-state index in [9.17, 15) is 4.79 Å². The summed E-state index contributed by atoms with van der Waals surface area (Å²) in [5, 5.41) is 2.03. The molecule has 0 amide bonds. The molecule has 0 saturated heterocycles. The second-order valence-electron chi connectivity index (χ2n) is 4.40. The second kappa shape index (κ2) is 6.43. The zero-order chi connectivity index (χ0) is 14.5. The number of hydrogen-bond donors (Lipinski definition) is 1. The van der Waals surface area contributed by atoms with Crippen LogP contribution in [0.4, 0.5) is 11.4 Å². The highest BCUT2D eigenvalue weighted by molar-refractivity contribution is 7.09. The molecule has 4 nitrogen and oxygen atoms in total. The predicted octanol–water partition coefficient (Wildman–Crippen LogP) is 3.14. The van der Waals surface area contributed by atoms with E-state index in [4.69, 9.17) is 10.5 Å². The number of carbonyl (C=O) groups excluding carboxylic acids is 1. The van der Waals surface area contributed by atoms with Gasteiger partial charge in [0, 0.05) is 11.9 Å². The number of anilines is 2. The first-order valence-electron chi connectivity index (χ1n) is 6.42. The predicted molar refractivity (Wildman–Crippen MR) is 83.2 cm³/mol. The number of carbonyl (C=O) groups is 1. The fraction of sp³-hybridized carbons (Fsp3) is 0.267. The van der Waals surface area contributed by atoms with Crippen molar-refractivity contribution in [3.63, 3.8) is 0 Å². The van der Waals surface area contributed by atoms with Gasteiger partial charge in [-0.1, -0.05) is 12.1 Å². The molecule has 106 valence electrons. The zero-order valence-electron chi connectivity index (χ0n) is 11.6. The van der Waals surface area contributed by atoms with Crippen LogP contribution < -0.4 is 10.6 Å². The van der Waals surface area contributed by atoms with Crippen LogP contribution in [0.3, 0.4) is 0 Å². The van der Waals surface area contributed by atoms with E-state index in [0.717, 1.165) is 5.69 Å². The highest BCUT2D eigenvalue weighted by Gasteiger charge is 2.18. The van der Waals surface area contributed by atoms with Crippen LogP contribution in [0.5, 0.6) is 0 Å². The molecular formula is C15H18N2O2S. The van der Waals surface area contributed by atoms with Crippen LogP contribution in [-0.2, 0) is 11.3 Å². The zero-order valence-corrected chi connectivity index (χ0v) is 12.4. The Bertz CT molecular complexity index is 582. The van der Waals surface area contributed by atoms with Crippen molar-refractivity contribution in [2.45, 2.75) is 13.5 Å². The lowest BCUT2D eigenvalue weighted by Gasteiger charge is -2.23. The van der Waals surface area contributed by atoms with Crippen molar-refractivity contribution < 1.29 is 9.53 Å². The molecule has 0 aliphatic rings. The summed E-state index contributed by atoms with van der Waals surface area (Å²) in [6.07, 6.45) is 0. The standard InChI is InChI=1S/C15H18N2O2S/c1-3-19-15(18)12-7-4-8-13(16)14(12)17(2)10-11-6-5-9-20-11/h4-9H,3,10,16H2,1-2H3. The van der Waals surface area contributed by atoms with Crippen molar-refractivity contribution in [3.8, 4) is 0 Å². The number of benzene rings is 1. The van der Waals surface area contributed by atoms with Crippen molar-refractivity contribution in [1.82, 2.24) is 0 Å². The molecule has 1 heterocycles. The average molecular weight is 290 g/mol. The molecule has 5 heteroatoms. The Hall–Kier alpha value is -2.01. The molecule has 0 fully saturated rings. The quantitative estimate of drug-likeness (QED) is 0.679. The smallest absolute Gasteiger partial charge is 0.340 e. The molecule has 0 atom stereocenters. The van der Waals surface area contributed by atoms with Gasteiger partial charge in [-0.3, -0.25) is 0 Å². The molecule has 0 aliphatic heterocycles. The Balaban J connectivity index is 2.31. The monoisotopic (exact) mass is 290 g/mol. The van der Waals surface area contributed by atoms with E-state index in [1.165, 1.54) is 4.88 Å². The lowest BCUT2D eigenvalue weighted by Crippen LogP contribution is -2.21. The van der Waals surface area contributed by atoms with Crippen LogP contribution in [0.2, 0.25) is 0 Å². The Morgan fingerprint density at radius 3 is 2.80 bits per heavy atom. The van der Waals surface area contributed by atoms with E-state index in [1.54, 1.807) is 36.5 Å². The number of nitrogen functional groups attached to an aromatic ring is 1. The van der Waals surface area contributed by atoms with Gasteiger partial charge in [-0.05, 0) is 30.5 Å². The topological polar surface area (TPSA) is 55.6 Å². The molecule has 0 bridgehead atoms. The van der Waals surface area contributed by atoms with Crippen LogP contribution in [0.1, 0.15) is 22.2 Å². The van der Waals surface area contributed by atoms with Gasteiger partial charge in [-0.2, -0.15) is 0 Å². The average Bonchev–Trinajstić information content (AvgIpc) is 2.91. The number of hydrogen-bond acceptors (Lipinski definition) is 5. The van der Waals surface area contributed by atoms with E-state index in [-0.39, 0.29) is 5.97 Å². The van der Waals surface area contributed by atoms with Gasteiger partial charge in [0.05, 0.1) is 30.1 Å². The maximum Gasteiger partial charge on any atom is 0.340 e. The van der Waals surface area contributed by atoms with Gasteiger partial charge in [0.25, 0.3) is 0 Å². The van der Waals surface area contributed by atoms with E-state index in [1.807, 2.05) is 23.4 Å². The summed E-state index contributed by atoms with van der Waals surface area (Å²) in [4.78, 5) is 15.2. The molecule has 1 aromatic heterocycles. The summed E-state index contributed by atoms with van der Waals surface area (Å²) in [6.45, 7) is 2.85. The third kappa shape index (κ3) is 3.11. The summed E-state index contributed by atoms with van der Waals surface area (Å²) in [5.41, 5.74) is 7.84. The Morgan fingerprint density at radius 1 is 1.35 bits per heavy atom. The van der Waals surface area contributed by atoms with E-state index >= 15 is 0 Å². The third-order valence-electron chi connectivity index (χ3n) is 2.92. The molecule has 0 saturated carbocycles. The first kappa shape index (κ1) is 14.4. The third-order valence-corrected chi connectivity index (χ3v) is 3.78. The Morgan fingerprint density at radius 2 is 2.15 bits per heavy atom. The summed E-state index contributed by atoms with van der Waals surface area (Å²) < 4.78 is 5.09. The van der Waals surface area contributed by atoms with Gasteiger partial charge in [0.15, 0.2) is 0 Å². The van der Waals surface area contributed by atoms with Crippen molar-refractivity contribution in [2.24, 2.45) is 0 Å². The number of thiophene rings is 1. The summed E-state index contributed by atoms with van der Waals surface area (Å²) in [6, 6.07) is 9.38. The van der Waals surface area contributed by atoms with Gasteiger partial charge in [0.1, 0.15) is 0 Å². The molecular weight excluding hydrogens is 272 g/mol. The Kier molecular flexibility index (Phi) is 4.63. The summed E-state index contributed by atoms with van der Waals surface area (Å²) >= 11 is 1.68. The number of rotatable bonds is 5. The van der Waals surface area contributed by atoms with E-state index in [2.05, 4.69) is 6.07 Å². The molecule has 0 radical (unpaired) electrons. The van der Waals surface area contributed by atoms with Crippen molar-refractivity contribution in [2.75, 3.05) is 24.3 Å². The molecule has 0 spiro atoms. The number of para-hydroxylation sites is 1. The number of nitrogens with zero attached hydrogens (tertiary/aromatic N) is 1. The molecule has 2 rings (SSSR count). The summed E-state index contributed by atoms with van der Waals surface area (Å²) in [5.74, 6) is -0.340. The molecule has 2 aromatic rings. The summed E-state index contributed by atoms with van der Waals surface area (Å²) in [7, 11) is 1.92. The minimum atomic E-state index is -0.340. The van der Waals surface area contributed by atoms with Crippen molar-refractivity contribution in [1.29, 1.82) is 0 Å². The van der Waals surface area contributed by atoms with Crippen LogP contribution >= 0.6 is 11.3 Å². The Labute approximate surface area is 122 Å².